The Morgan fingerprint density at radius 2 is 1.68 bits per heavy atom. The van der Waals surface area contributed by atoms with Crippen LogP contribution in [0.25, 0.3) is 0 Å². The molecule has 0 radical (unpaired) electrons. The molecular formula is C14H15F3N2O3. The van der Waals surface area contributed by atoms with Crippen molar-refractivity contribution in [3.63, 3.8) is 0 Å². The highest BCUT2D eigenvalue weighted by Gasteiger charge is 2.36. The van der Waals surface area contributed by atoms with Gasteiger partial charge in [-0.15, -0.1) is 0 Å². The van der Waals surface area contributed by atoms with Crippen molar-refractivity contribution in [2.45, 2.75) is 26.9 Å². The number of rotatable bonds is 4. The van der Waals surface area contributed by atoms with E-state index in [1.165, 1.54) is 20.8 Å². The smallest absolute Gasteiger partial charge is 0.351 e. The number of hydrogen-bond donors (Lipinski definition) is 1. The fraction of sp³-hybridized carbons (Fsp3) is 0.357. The number of nitro groups is 1. The first-order valence-electron chi connectivity index (χ1n) is 6.26. The van der Waals surface area contributed by atoms with Crippen LogP contribution in [-0.2, 0) is 4.79 Å². The summed E-state index contributed by atoms with van der Waals surface area (Å²) in [5, 5.41) is 12.6. The van der Waals surface area contributed by atoms with E-state index in [4.69, 9.17) is 0 Å². The lowest BCUT2D eigenvalue weighted by molar-refractivity contribution is -0.384. The second-order valence-corrected chi connectivity index (χ2v) is 5.60. The highest BCUT2D eigenvalue weighted by molar-refractivity contribution is 5.95. The van der Waals surface area contributed by atoms with Gasteiger partial charge in [0.25, 0.3) is 5.69 Å². The first kappa shape index (κ1) is 17.7. The predicted molar refractivity (Wildman–Crippen MR) is 75.3 cm³/mol. The predicted octanol–water partition coefficient (Wildman–Crippen LogP) is 4.07. The molecule has 8 heteroatoms. The average molecular weight is 316 g/mol. The molecule has 1 rings (SSSR count). The average Bonchev–Trinajstić information content (AvgIpc) is 2.36. The minimum absolute atomic E-state index is 0.00381. The van der Waals surface area contributed by atoms with Gasteiger partial charge < -0.3 is 5.32 Å². The van der Waals surface area contributed by atoms with Crippen molar-refractivity contribution in [2.24, 2.45) is 5.41 Å². The fourth-order valence-electron chi connectivity index (χ4n) is 1.36. The second kappa shape index (κ2) is 6.17. The Hall–Kier alpha value is -2.38. The molecule has 22 heavy (non-hydrogen) atoms. The van der Waals surface area contributed by atoms with E-state index in [1.807, 2.05) is 0 Å². The summed E-state index contributed by atoms with van der Waals surface area (Å²) in [5.41, 5.74) is -2.42. The molecule has 1 N–H and O–H groups in total. The fourth-order valence-corrected chi connectivity index (χ4v) is 1.36. The summed E-state index contributed by atoms with van der Waals surface area (Å²) >= 11 is 0. The van der Waals surface area contributed by atoms with E-state index in [2.05, 4.69) is 5.32 Å². The molecule has 0 bridgehead atoms. The number of allylic oxidation sites excluding steroid dienone is 2. The molecule has 0 amide bonds. The Morgan fingerprint density at radius 3 is 2.05 bits per heavy atom. The third-order valence-corrected chi connectivity index (χ3v) is 2.68. The maximum Gasteiger partial charge on any atom is 0.431 e. The van der Waals surface area contributed by atoms with Gasteiger partial charge in [0, 0.05) is 29.3 Å². The Kier molecular flexibility index (Phi) is 4.95. The van der Waals surface area contributed by atoms with E-state index >= 15 is 0 Å². The molecule has 0 unspecified atom stereocenters. The number of non-ortho nitro benzene ring substituents is 1. The van der Waals surface area contributed by atoms with Gasteiger partial charge in [0.05, 0.1) is 4.92 Å². The van der Waals surface area contributed by atoms with Crippen LogP contribution in [0.5, 0.6) is 0 Å². The number of carbonyl (C=O) groups is 1. The molecule has 0 saturated heterocycles. The summed E-state index contributed by atoms with van der Waals surface area (Å²) in [6.07, 6.45) is -4.25. The zero-order chi connectivity index (χ0) is 17.1. The van der Waals surface area contributed by atoms with E-state index in [1.54, 1.807) is 0 Å². The first-order chi connectivity index (χ1) is 9.91. The molecule has 0 saturated carbocycles. The lowest BCUT2D eigenvalue weighted by Gasteiger charge is -2.18. The zero-order valence-corrected chi connectivity index (χ0v) is 12.2. The number of nitrogens with one attached hydrogen (secondary N) is 1. The van der Waals surface area contributed by atoms with Gasteiger partial charge >= 0.3 is 6.18 Å². The number of anilines is 1. The summed E-state index contributed by atoms with van der Waals surface area (Å²) < 4.78 is 38.9. The molecule has 1 aromatic carbocycles. The maximum absolute atomic E-state index is 13.0. The van der Waals surface area contributed by atoms with Gasteiger partial charge in [-0.25, -0.2) is 0 Å². The van der Waals surface area contributed by atoms with Crippen molar-refractivity contribution >= 4 is 17.2 Å². The normalized spacial score (nSPS) is 12.9. The van der Waals surface area contributed by atoms with Crippen LogP contribution in [0, 0.1) is 15.5 Å². The van der Waals surface area contributed by atoms with Crippen LogP contribution in [0.3, 0.4) is 0 Å². The van der Waals surface area contributed by atoms with Gasteiger partial charge in [-0.05, 0) is 12.1 Å². The number of hydrogen-bond acceptors (Lipinski definition) is 4. The lowest BCUT2D eigenvalue weighted by Crippen LogP contribution is -2.24. The molecule has 0 heterocycles. The monoisotopic (exact) mass is 316 g/mol. The number of nitrogens with zero attached hydrogens (tertiary/aromatic N) is 1. The number of halogens is 3. The Morgan fingerprint density at radius 1 is 1.18 bits per heavy atom. The summed E-state index contributed by atoms with van der Waals surface area (Å²) in [7, 11) is 0. The Bertz CT molecular complexity index is 599. The SMILES string of the molecule is CC(C)(C)C(=O)/C=C(/Nc1ccc([N+](=O)[O-])cc1)C(F)(F)F. The number of carbonyl (C=O) groups excluding carboxylic acids is 1. The minimum Gasteiger partial charge on any atom is -0.351 e. The summed E-state index contributed by atoms with van der Waals surface area (Å²) in [4.78, 5) is 21.6. The standard InChI is InChI=1S/C14H15F3N2O3/c1-13(2,3)12(20)8-11(14(15,16)17)18-9-4-6-10(7-5-9)19(21)22/h4-8,18H,1-3H3/b11-8+. The molecule has 1 aromatic rings. The van der Waals surface area contributed by atoms with Crippen molar-refractivity contribution in [1.82, 2.24) is 0 Å². The molecule has 0 aromatic heterocycles. The van der Waals surface area contributed by atoms with Gasteiger partial charge in [0.2, 0.25) is 0 Å². The van der Waals surface area contributed by atoms with Crippen LogP contribution >= 0.6 is 0 Å². The lowest BCUT2D eigenvalue weighted by atomic mass is 9.90. The van der Waals surface area contributed by atoms with E-state index in [0.717, 1.165) is 24.3 Å². The quantitative estimate of drug-likeness (QED) is 0.516. The van der Waals surface area contributed by atoms with Gasteiger partial charge in [0.15, 0.2) is 5.78 Å². The van der Waals surface area contributed by atoms with Crippen molar-refractivity contribution in [2.75, 3.05) is 5.32 Å². The van der Waals surface area contributed by atoms with E-state index in [9.17, 15) is 28.1 Å². The van der Waals surface area contributed by atoms with E-state index in [-0.39, 0.29) is 11.4 Å². The first-order valence-corrected chi connectivity index (χ1v) is 6.26. The zero-order valence-electron chi connectivity index (χ0n) is 12.2. The molecular weight excluding hydrogens is 301 g/mol. The van der Waals surface area contributed by atoms with Crippen LogP contribution in [0.2, 0.25) is 0 Å². The van der Waals surface area contributed by atoms with Gasteiger partial charge in [-0.2, -0.15) is 13.2 Å². The summed E-state index contributed by atoms with van der Waals surface area (Å²) in [5.74, 6) is -0.686. The van der Waals surface area contributed by atoms with Crippen molar-refractivity contribution in [1.29, 1.82) is 0 Å². The number of ketones is 1. The molecule has 5 nitrogen and oxygen atoms in total. The van der Waals surface area contributed by atoms with Gasteiger partial charge in [-0.1, -0.05) is 20.8 Å². The molecule has 0 aliphatic rings. The number of alkyl halides is 3. The largest absolute Gasteiger partial charge is 0.431 e. The second-order valence-electron chi connectivity index (χ2n) is 5.60. The van der Waals surface area contributed by atoms with E-state index < -0.39 is 28.0 Å². The van der Waals surface area contributed by atoms with Crippen LogP contribution in [0.1, 0.15) is 20.8 Å². The Balaban J connectivity index is 3.08. The third kappa shape index (κ3) is 4.87. The third-order valence-electron chi connectivity index (χ3n) is 2.68. The molecule has 120 valence electrons. The summed E-state index contributed by atoms with van der Waals surface area (Å²) in [6.45, 7) is 4.52. The van der Waals surface area contributed by atoms with Crippen LogP contribution in [0.15, 0.2) is 36.0 Å². The highest BCUT2D eigenvalue weighted by Crippen LogP contribution is 2.29. The van der Waals surface area contributed by atoms with Crippen molar-refractivity contribution < 1.29 is 22.9 Å². The Labute approximate surface area is 125 Å². The van der Waals surface area contributed by atoms with Gasteiger partial charge in [0.1, 0.15) is 5.70 Å². The van der Waals surface area contributed by atoms with Crippen molar-refractivity contribution in [3.05, 3.63) is 46.2 Å². The molecule has 0 fully saturated rings. The van der Waals surface area contributed by atoms with Crippen molar-refractivity contribution in [3.8, 4) is 0 Å². The summed E-state index contributed by atoms with van der Waals surface area (Å²) in [6, 6.07) is 4.42. The van der Waals surface area contributed by atoms with Gasteiger partial charge in [-0.3, -0.25) is 14.9 Å². The van der Waals surface area contributed by atoms with E-state index in [0.29, 0.717) is 6.08 Å². The molecule has 0 spiro atoms. The number of nitro benzene ring substituents is 1. The van der Waals surface area contributed by atoms with Crippen LogP contribution in [0.4, 0.5) is 24.5 Å². The maximum atomic E-state index is 13.0. The number of benzene rings is 1. The van der Waals surface area contributed by atoms with Crippen LogP contribution in [-0.4, -0.2) is 16.9 Å². The molecule has 0 atom stereocenters. The molecule has 0 aliphatic carbocycles. The minimum atomic E-state index is -4.75. The highest BCUT2D eigenvalue weighted by atomic mass is 19.4. The topological polar surface area (TPSA) is 72.2 Å². The molecule has 0 aliphatic heterocycles. The van der Waals surface area contributed by atoms with Crippen LogP contribution < -0.4 is 5.32 Å².